The molecule has 1 fully saturated rings. The molecule has 32 heavy (non-hydrogen) atoms. The lowest BCUT2D eigenvalue weighted by atomic mass is 9.84. The van der Waals surface area contributed by atoms with Crippen molar-refractivity contribution in [1.29, 1.82) is 0 Å². The normalized spacial score (nSPS) is 20.2. The Morgan fingerprint density at radius 1 is 1.22 bits per heavy atom. The molecule has 0 spiro atoms. The molecular weight excluding hydrogens is 462 g/mol. The fourth-order valence-electron chi connectivity index (χ4n) is 3.94. The Bertz CT molecular complexity index is 1080. The van der Waals surface area contributed by atoms with E-state index in [2.05, 4.69) is 4.72 Å². The van der Waals surface area contributed by atoms with Gasteiger partial charge in [0, 0.05) is 30.1 Å². The minimum absolute atomic E-state index is 0.176. The van der Waals surface area contributed by atoms with Gasteiger partial charge in [-0.05, 0) is 49.6 Å². The number of benzene rings is 2. The van der Waals surface area contributed by atoms with Gasteiger partial charge in [-0.25, -0.2) is 26.7 Å². The third-order valence-electron chi connectivity index (χ3n) is 5.65. The van der Waals surface area contributed by atoms with E-state index in [0.29, 0.717) is 30.4 Å². The van der Waals surface area contributed by atoms with Crippen LogP contribution in [0.4, 0.5) is 13.6 Å². The van der Waals surface area contributed by atoms with Crippen LogP contribution in [0.15, 0.2) is 42.5 Å². The second-order valence-electron chi connectivity index (χ2n) is 7.92. The molecule has 0 unspecified atom stereocenters. The number of carbonyl (C=O) groups excluding carboxylic acids is 1. The van der Waals surface area contributed by atoms with Crippen LogP contribution in [0.25, 0.3) is 0 Å². The van der Waals surface area contributed by atoms with Crippen molar-refractivity contribution in [3.05, 3.63) is 70.2 Å². The summed E-state index contributed by atoms with van der Waals surface area (Å²) in [4.78, 5) is 14.4. The molecule has 1 aliphatic heterocycles. The van der Waals surface area contributed by atoms with Gasteiger partial charge in [0.25, 0.3) is 0 Å². The number of halogens is 3. The lowest BCUT2D eigenvalue weighted by Gasteiger charge is -2.43. The Kier molecular flexibility index (Phi) is 7.42. The Morgan fingerprint density at radius 3 is 2.50 bits per heavy atom. The second-order valence-corrected chi connectivity index (χ2v) is 10.2. The van der Waals surface area contributed by atoms with Crippen molar-refractivity contribution in [2.45, 2.75) is 37.8 Å². The van der Waals surface area contributed by atoms with Crippen molar-refractivity contribution in [1.82, 2.24) is 9.62 Å². The van der Waals surface area contributed by atoms with E-state index in [4.69, 9.17) is 16.3 Å². The van der Waals surface area contributed by atoms with Crippen LogP contribution in [0.3, 0.4) is 0 Å². The predicted molar refractivity (Wildman–Crippen MR) is 118 cm³/mol. The molecule has 0 radical (unpaired) electrons. The third kappa shape index (κ3) is 5.76. The highest BCUT2D eigenvalue weighted by atomic mass is 35.5. The van der Waals surface area contributed by atoms with Gasteiger partial charge in [0.2, 0.25) is 10.0 Å². The van der Waals surface area contributed by atoms with E-state index < -0.39 is 39.4 Å². The van der Waals surface area contributed by atoms with Crippen LogP contribution in [0.5, 0.6) is 0 Å². The number of amides is 1. The molecule has 1 saturated heterocycles. The fourth-order valence-corrected chi connectivity index (χ4v) is 4.61. The average Bonchev–Trinajstić information content (AvgIpc) is 2.71. The van der Waals surface area contributed by atoms with Crippen molar-refractivity contribution in [2.24, 2.45) is 0 Å². The van der Waals surface area contributed by atoms with Gasteiger partial charge in [0.05, 0.1) is 12.3 Å². The summed E-state index contributed by atoms with van der Waals surface area (Å²) in [6.45, 7) is 2.16. The number of rotatable bonds is 8. The summed E-state index contributed by atoms with van der Waals surface area (Å²) in [5.41, 5.74) is -0.104. The molecule has 1 N–H and O–H groups in total. The van der Waals surface area contributed by atoms with E-state index in [0.717, 1.165) is 6.26 Å². The second kappa shape index (κ2) is 9.72. The Labute approximate surface area is 191 Å². The van der Waals surface area contributed by atoms with Crippen LogP contribution in [0, 0.1) is 11.6 Å². The standard InChI is InChI=1S/C22H25ClF2N2O4S/c1-15(19-9-6-17(23)14-20(19)25)27-13-11-22(31-21(27)28,10-3-12-26-32(2,29)30)16-4-7-18(24)8-5-16/h4-9,14-15,26H,3,10-13H2,1-2H3/t15-,22+/m0/s1. The summed E-state index contributed by atoms with van der Waals surface area (Å²) in [6.07, 6.45) is 1.56. The monoisotopic (exact) mass is 486 g/mol. The molecular formula is C22H25ClF2N2O4S. The smallest absolute Gasteiger partial charge is 0.411 e. The van der Waals surface area contributed by atoms with Crippen LogP contribution in [-0.4, -0.2) is 38.8 Å². The molecule has 2 aromatic carbocycles. The van der Waals surface area contributed by atoms with Gasteiger partial charge in [0.1, 0.15) is 17.2 Å². The number of ether oxygens (including phenoxy) is 1. The van der Waals surface area contributed by atoms with Gasteiger partial charge in [-0.2, -0.15) is 0 Å². The van der Waals surface area contributed by atoms with Crippen molar-refractivity contribution in [3.63, 3.8) is 0 Å². The zero-order valence-corrected chi connectivity index (χ0v) is 19.3. The average molecular weight is 487 g/mol. The summed E-state index contributed by atoms with van der Waals surface area (Å²) < 4.78 is 58.8. The lowest BCUT2D eigenvalue weighted by Crippen LogP contribution is -2.49. The molecule has 6 nitrogen and oxygen atoms in total. The Hall–Kier alpha value is -2.23. The molecule has 1 amide bonds. The molecule has 2 atom stereocenters. The molecule has 10 heteroatoms. The van der Waals surface area contributed by atoms with Gasteiger partial charge in [0.15, 0.2) is 0 Å². The van der Waals surface area contributed by atoms with Crippen LogP contribution in [-0.2, 0) is 20.4 Å². The molecule has 0 bridgehead atoms. The van der Waals surface area contributed by atoms with Crippen LogP contribution in [0.2, 0.25) is 5.02 Å². The number of nitrogens with zero attached hydrogens (tertiary/aromatic N) is 1. The SMILES string of the molecule is C[C@@H](c1ccc(Cl)cc1F)N1CC[C@](CCCNS(C)(=O)=O)(c2ccc(F)cc2)OC1=O. The number of hydrogen-bond acceptors (Lipinski definition) is 4. The number of carbonyl (C=O) groups is 1. The first-order valence-corrected chi connectivity index (χ1v) is 12.4. The van der Waals surface area contributed by atoms with Crippen molar-refractivity contribution >= 4 is 27.7 Å². The van der Waals surface area contributed by atoms with E-state index in [-0.39, 0.29) is 18.1 Å². The van der Waals surface area contributed by atoms with Crippen molar-refractivity contribution in [3.8, 4) is 0 Å². The van der Waals surface area contributed by atoms with Crippen LogP contribution < -0.4 is 4.72 Å². The topological polar surface area (TPSA) is 75.7 Å². The van der Waals surface area contributed by atoms with Crippen molar-refractivity contribution in [2.75, 3.05) is 19.3 Å². The summed E-state index contributed by atoms with van der Waals surface area (Å²) in [5, 5.41) is 0.262. The van der Waals surface area contributed by atoms with E-state index in [1.54, 1.807) is 25.1 Å². The van der Waals surface area contributed by atoms with Gasteiger partial charge >= 0.3 is 6.09 Å². The molecule has 2 aromatic rings. The number of sulfonamides is 1. The predicted octanol–water partition coefficient (Wildman–Crippen LogP) is 4.75. The minimum atomic E-state index is -3.35. The van der Waals surface area contributed by atoms with Gasteiger partial charge in [-0.1, -0.05) is 29.8 Å². The zero-order chi connectivity index (χ0) is 23.5. The zero-order valence-electron chi connectivity index (χ0n) is 17.8. The molecule has 1 aliphatic rings. The molecule has 1 heterocycles. The summed E-state index contributed by atoms with van der Waals surface area (Å²) in [7, 11) is -3.35. The lowest BCUT2D eigenvalue weighted by molar-refractivity contribution is -0.0664. The molecule has 0 saturated carbocycles. The highest BCUT2D eigenvalue weighted by molar-refractivity contribution is 7.88. The third-order valence-corrected chi connectivity index (χ3v) is 6.61. The largest absolute Gasteiger partial charge is 0.438 e. The first kappa shape index (κ1) is 24.4. The van der Waals surface area contributed by atoms with E-state index in [9.17, 15) is 22.0 Å². The van der Waals surface area contributed by atoms with Crippen LogP contribution >= 0.6 is 11.6 Å². The van der Waals surface area contributed by atoms with Gasteiger partial charge < -0.3 is 9.64 Å². The maximum absolute atomic E-state index is 14.4. The van der Waals surface area contributed by atoms with Crippen LogP contribution in [0.1, 0.15) is 43.4 Å². The first-order valence-electron chi connectivity index (χ1n) is 10.2. The Morgan fingerprint density at radius 2 is 1.91 bits per heavy atom. The molecule has 0 aliphatic carbocycles. The maximum atomic E-state index is 14.4. The summed E-state index contributed by atoms with van der Waals surface area (Å²) in [6, 6.07) is 9.40. The van der Waals surface area contributed by atoms with E-state index in [1.807, 2.05) is 0 Å². The first-order chi connectivity index (χ1) is 15.0. The molecule has 174 valence electrons. The highest BCUT2D eigenvalue weighted by Crippen LogP contribution is 2.40. The highest BCUT2D eigenvalue weighted by Gasteiger charge is 2.43. The summed E-state index contributed by atoms with van der Waals surface area (Å²) >= 11 is 5.83. The fraction of sp³-hybridized carbons (Fsp3) is 0.409. The van der Waals surface area contributed by atoms with Gasteiger partial charge in [-0.15, -0.1) is 0 Å². The quantitative estimate of drug-likeness (QED) is 0.546. The van der Waals surface area contributed by atoms with Gasteiger partial charge in [-0.3, -0.25) is 0 Å². The van der Waals surface area contributed by atoms with E-state index in [1.165, 1.54) is 29.2 Å². The summed E-state index contributed by atoms with van der Waals surface area (Å²) in [5.74, 6) is -0.932. The molecule has 0 aromatic heterocycles. The van der Waals surface area contributed by atoms with E-state index >= 15 is 0 Å². The Balaban J connectivity index is 1.80. The number of cyclic esters (lactones) is 1. The van der Waals surface area contributed by atoms with Crippen molar-refractivity contribution < 1.29 is 26.7 Å². The number of hydrogen-bond donors (Lipinski definition) is 1. The molecule has 3 rings (SSSR count). The maximum Gasteiger partial charge on any atom is 0.411 e. The number of nitrogens with one attached hydrogen (secondary N) is 1. The minimum Gasteiger partial charge on any atom is -0.438 e.